The van der Waals surface area contributed by atoms with Gasteiger partial charge in [-0.3, -0.25) is 10.00 Å². The molecule has 1 saturated heterocycles. The molecule has 1 aliphatic rings. The average molecular weight is 241 g/mol. The number of nitrogens with zero attached hydrogens (tertiary/aromatic N) is 2. The molecule has 0 saturated carbocycles. The SMILES string of the molecule is c1cc(-c2cn[nH]c2)ccc1CN1CCCCC1. The molecule has 1 aromatic heterocycles. The summed E-state index contributed by atoms with van der Waals surface area (Å²) < 4.78 is 0. The van der Waals surface area contributed by atoms with Crippen molar-refractivity contribution in [3.8, 4) is 11.1 Å². The van der Waals surface area contributed by atoms with E-state index in [1.807, 2.05) is 12.4 Å². The number of nitrogens with one attached hydrogen (secondary N) is 1. The molecule has 0 unspecified atom stereocenters. The Balaban J connectivity index is 1.67. The molecule has 1 N–H and O–H groups in total. The molecule has 2 heterocycles. The number of likely N-dealkylation sites (tertiary alicyclic amines) is 1. The quantitative estimate of drug-likeness (QED) is 0.895. The predicted octanol–water partition coefficient (Wildman–Crippen LogP) is 3.06. The van der Waals surface area contributed by atoms with Crippen molar-refractivity contribution in [2.45, 2.75) is 25.8 Å². The third-order valence-electron chi connectivity index (χ3n) is 3.64. The Morgan fingerprint density at radius 3 is 2.44 bits per heavy atom. The fourth-order valence-electron chi connectivity index (χ4n) is 2.59. The van der Waals surface area contributed by atoms with Gasteiger partial charge in [0.15, 0.2) is 0 Å². The molecule has 94 valence electrons. The van der Waals surface area contributed by atoms with E-state index in [4.69, 9.17) is 0 Å². The molecule has 3 nitrogen and oxygen atoms in total. The first-order valence-corrected chi connectivity index (χ1v) is 6.72. The lowest BCUT2D eigenvalue weighted by Crippen LogP contribution is -2.28. The predicted molar refractivity (Wildman–Crippen MR) is 73.2 cm³/mol. The topological polar surface area (TPSA) is 31.9 Å². The Hall–Kier alpha value is -1.61. The third-order valence-corrected chi connectivity index (χ3v) is 3.64. The van der Waals surface area contributed by atoms with Crippen molar-refractivity contribution < 1.29 is 0 Å². The maximum absolute atomic E-state index is 3.98. The third kappa shape index (κ3) is 2.62. The maximum Gasteiger partial charge on any atom is 0.0565 e. The lowest BCUT2D eigenvalue weighted by molar-refractivity contribution is 0.221. The van der Waals surface area contributed by atoms with Crippen molar-refractivity contribution in [2.75, 3.05) is 13.1 Å². The fraction of sp³-hybridized carbons (Fsp3) is 0.400. The van der Waals surface area contributed by atoms with E-state index in [2.05, 4.69) is 39.4 Å². The largest absolute Gasteiger partial charge is 0.299 e. The molecule has 0 radical (unpaired) electrons. The zero-order valence-corrected chi connectivity index (χ0v) is 10.6. The van der Waals surface area contributed by atoms with Crippen molar-refractivity contribution in [2.24, 2.45) is 0 Å². The maximum atomic E-state index is 3.98. The van der Waals surface area contributed by atoms with Gasteiger partial charge in [-0.25, -0.2) is 0 Å². The summed E-state index contributed by atoms with van der Waals surface area (Å²) in [6.07, 6.45) is 7.90. The van der Waals surface area contributed by atoms with Gasteiger partial charge in [0.1, 0.15) is 0 Å². The van der Waals surface area contributed by atoms with Gasteiger partial charge in [-0.1, -0.05) is 30.7 Å². The molecule has 0 bridgehead atoms. The van der Waals surface area contributed by atoms with Gasteiger partial charge in [0.2, 0.25) is 0 Å². The number of benzene rings is 1. The highest BCUT2D eigenvalue weighted by Gasteiger charge is 2.10. The van der Waals surface area contributed by atoms with Gasteiger partial charge in [-0.2, -0.15) is 5.10 Å². The van der Waals surface area contributed by atoms with Crippen LogP contribution in [0.3, 0.4) is 0 Å². The van der Waals surface area contributed by atoms with E-state index in [0.717, 1.165) is 12.1 Å². The summed E-state index contributed by atoms with van der Waals surface area (Å²) >= 11 is 0. The van der Waals surface area contributed by atoms with Crippen LogP contribution in [-0.2, 0) is 6.54 Å². The minimum Gasteiger partial charge on any atom is -0.299 e. The summed E-state index contributed by atoms with van der Waals surface area (Å²) in [6, 6.07) is 8.84. The van der Waals surface area contributed by atoms with Crippen LogP contribution < -0.4 is 0 Å². The summed E-state index contributed by atoms with van der Waals surface area (Å²) in [7, 11) is 0. The van der Waals surface area contributed by atoms with Crippen LogP contribution in [0.4, 0.5) is 0 Å². The summed E-state index contributed by atoms with van der Waals surface area (Å²) in [5.41, 5.74) is 3.79. The van der Waals surface area contributed by atoms with Crippen LogP contribution in [0.1, 0.15) is 24.8 Å². The zero-order chi connectivity index (χ0) is 12.2. The molecular weight excluding hydrogens is 222 g/mol. The van der Waals surface area contributed by atoms with E-state index in [1.165, 1.54) is 43.5 Å². The molecule has 1 aliphatic heterocycles. The fourth-order valence-corrected chi connectivity index (χ4v) is 2.59. The molecule has 0 amide bonds. The van der Waals surface area contributed by atoms with Crippen LogP contribution in [0.15, 0.2) is 36.7 Å². The Morgan fingerprint density at radius 1 is 1.00 bits per heavy atom. The van der Waals surface area contributed by atoms with E-state index in [9.17, 15) is 0 Å². The second kappa shape index (κ2) is 5.36. The molecule has 0 atom stereocenters. The molecule has 2 aromatic rings. The first-order chi connectivity index (χ1) is 8.92. The Morgan fingerprint density at radius 2 is 1.78 bits per heavy atom. The average Bonchev–Trinajstić information content (AvgIpc) is 2.95. The highest BCUT2D eigenvalue weighted by Crippen LogP contribution is 2.19. The van der Waals surface area contributed by atoms with E-state index in [1.54, 1.807) is 0 Å². The second-order valence-electron chi connectivity index (χ2n) is 5.02. The van der Waals surface area contributed by atoms with Crippen molar-refractivity contribution in [1.82, 2.24) is 15.1 Å². The highest BCUT2D eigenvalue weighted by atomic mass is 15.1. The van der Waals surface area contributed by atoms with Crippen LogP contribution in [0.2, 0.25) is 0 Å². The molecular formula is C15H19N3. The zero-order valence-electron chi connectivity index (χ0n) is 10.6. The first kappa shape index (κ1) is 11.5. The minimum atomic E-state index is 1.09. The molecule has 0 spiro atoms. The molecule has 1 aromatic carbocycles. The highest BCUT2D eigenvalue weighted by molar-refractivity contribution is 5.61. The van der Waals surface area contributed by atoms with Crippen molar-refractivity contribution in [3.05, 3.63) is 42.2 Å². The molecule has 3 rings (SSSR count). The smallest absolute Gasteiger partial charge is 0.0565 e. The van der Waals surface area contributed by atoms with Crippen LogP contribution in [-0.4, -0.2) is 28.2 Å². The molecule has 18 heavy (non-hydrogen) atoms. The van der Waals surface area contributed by atoms with E-state index in [0.29, 0.717) is 0 Å². The monoisotopic (exact) mass is 241 g/mol. The van der Waals surface area contributed by atoms with Crippen LogP contribution in [0.25, 0.3) is 11.1 Å². The van der Waals surface area contributed by atoms with E-state index in [-0.39, 0.29) is 0 Å². The van der Waals surface area contributed by atoms with Crippen LogP contribution in [0.5, 0.6) is 0 Å². The number of hydrogen-bond acceptors (Lipinski definition) is 2. The van der Waals surface area contributed by atoms with Gasteiger partial charge in [-0.05, 0) is 37.1 Å². The van der Waals surface area contributed by atoms with Crippen molar-refractivity contribution in [3.63, 3.8) is 0 Å². The molecule has 1 fully saturated rings. The van der Waals surface area contributed by atoms with Gasteiger partial charge in [0.05, 0.1) is 6.20 Å². The lowest BCUT2D eigenvalue weighted by Gasteiger charge is -2.26. The standard InChI is InChI=1S/C15H19N3/c1-2-8-18(9-3-1)12-13-4-6-14(7-5-13)15-10-16-17-11-15/h4-7,10-11H,1-3,8-9,12H2,(H,16,17). The first-order valence-electron chi connectivity index (χ1n) is 6.72. The van der Waals surface area contributed by atoms with Gasteiger partial charge < -0.3 is 0 Å². The number of H-pyrrole nitrogens is 1. The normalized spacial score (nSPS) is 16.9. The minimum absolute atomic E-state index is 1.09. The molecule has 0 aliphatic carbocycles. The Kier molecular flexibility index (Phi) is 3.42. The number of aromatic amines is 1. The summed E-state index contributed by atoms with van der Waals surface area (Å²) in [5, 5.41) is 6.83. The molecule has 3 heteroatoms. The van der Waals surface area contributed by atoms with Gasteiger partial charge >= 0.3 is 0 Å². The van der Waals surface area contributed by atoms with Crippen molar-refractivity contribution >= 4 is 0 Å². The Bertz CT molecular complexity index is 467. The van der Waals surface area contributed by atoms with Crippen LogP contribution in [0, 0.1) is 0 Å². The number of aromatic nitrogens is 2. The Labute approximate surface area is 108 Å². The van der Waals surface area contributed by atoms with Gasteiger partial charge in [0.25, 0.3) is 0 Å². The van der Waals surface area contributed by atoms with E-state index < -0.39 is 0 Å². The number of rotatable bonds is 3. The lowest BCUT2D eigenvalue weighted by atomic mass is 10.1. The van der Waals surface area contributed by atoms with Crippen molar-refractivity contribution in [1.29, 1.82) is 0 Å². The second-order valence-corrected chi connectivity index (χ2v) is 5.02. The summed E-state index contributed by atoms with van der Waals surface area (Å²) in [6.45, 7) is 3.60. The van der Waals surface area contributed by atoms with Gasteiger partial charge in [0, 0.05) is 18.3 Å². The van der Waals surface area contributed by atoms with E-state index >= 15 is 0 Å². The number of hydrogen-bond donors (Lipinski definition) is 1. The number of piperidine rings is 1. The summed E-state index contributed by atoms with van der Waals surface area (Å²) in [4.78, 5) is 2.55. The summed E-state index contributed by atoms with van der Waals surface area (Å²) in [5.74, 6) is 0. The van der Waals surface area contributed by atoms with Gasteiger partial charge in [-0.15, -0.1) is 0 Å². The van der Waals surface area contributed by atoms with Crippen LogP contribution >= 0.6 is 0 Å².